The third-order valence-electron chi connectivity index (χ3n) is 2.58. The second-order valence-electron chi connectivity index (χ2n) is 3.38. The highest BCUT2D eigenvalue weighted by atomic mass is 16.5. The van der Waals surface area contributed by atoms with Gasteiger partial charge in [0.2, 0.25) is 5.88 Å². The average Bonchev–Trinajstić information content (AvgIpc) is 2.85. The van der Waals surface area contributed by atoms with Crippen LogP contribution in [0.25, 0.3) is 0 Å². The molecule has 0 aliphatic carbocycles. The van der Waals surface area contributed by atoms with Crippen molar-refractivity contribution in [3.8, 4) is 0 Å². The van der Waals surface area contributed by atoms with Crippen molar-refractivity contribution in [1.29, 1.82) is 0 Å². The van der Waals surface area contributed by atoms with E-state index >= 15 is 0 Å². The predicted octanol–water partition coefficient (Wildman–Crippen LogP) is 2.37. The topological polar surface area (TPSA) is 29.3 Å². The van der Waals surface area contributed by atoms with Gasteiger partial charge in [0.1, 0.15) is 0 Å². The fourth-order valence-electron chi connectivity index (χ4n) is 1.92. The van der Waals surface area contributed by atoms with Gasteiger partial charge in [0.15, 0.2) is 0 Å². The van der Waals surface area contributed by atoms with Crippen molar-refractivity contribution < 1.29 is 4.52 Å². The van der Waals surface area contributed by atoms with E-state index in [-0.39, 0.29) is 0 Å². The third-order valence-corrected chi connectivity index (χ3v) is 2.58. The van der Waals surface area contributed by atoms with E-state index in [2.05, 4.69) is 28.3 Å². The van der Waals surface area contributed by atoms with Crippen LogP contribution in [0.1, 0.15) is 5.56 Å². The molecule has 1 aliphatic rings. The third kappa shape index (κ3) is 1.02. The largest absolute Gasteiger partial charge is 0.338 e. The lowest BCUT2D eigenvalue weighted by molar-refractivity contribution is 0.424. The number of para-hydroxylation sites is 1. The van der Waals surface area contributed by atoms with Crippen LogP contribution in [0.5, 0.6) is 0 Å². The first-order valence-corrected chi connectivity index (χ1v) is 4.71. The van der Waals surface area contributed by atoms with Crippen LogP contribution in [0, 0.1) is 0 Å². The summed E-state index contributed by atoms with van der Waals surface area (Å²) in [5, 5.41) is 3.72. The minimum Gasteiger partial charge on any atom is -0.338 e. The summed E-state index contributed by atoms with van der Waals surface area (Å²) in [5.41, 5.74) is 2.62. The molecule has 1 aromatic heterocycles. The molecular weight excluding hydrogens is 176 g/mol. The summed E-state index contributed by atoms with van der Waals surface area (Å²) in [5.74, 6) is 0.829. The highest BCUT2D eigenvalue weighted by Gasteiger charge is 2.21. The molecule has 2 heterocycles. The van der Waals surface area contributed by atoms with Crippen LogP contribution < -0.4 is 4.90 Å². The summed E-state index contributed by atoms with van der Waals surface area (Å²) in [6.45, 7) is 0.981. The van der Waals surface area contributed by atoms with Crippen LogP contribution in [0.15, 0.2) is 41.1 Å². The SMILES string of the molecule is c1ccc2c(c1)CCN2c1ccno1. The van der Waals surface area contributed by atoms with Crippen molar-refractivity contribution in [3.05, 3.63) is 42.1 Å². The van der Waals surface area contributed by atoms with E-state index in [9.17, 15) is 0 Å². The molecule has 0 amide bonds. The summed E-state index contributed by atoms with van der Waals surface area (Å²) in [7, 11) is 0. The Kier molecular flexibility index (Phi) is 1.56. The van der Waals surface area contributed by atoms with Gasteiger partial charge in [-0.25, -0.2) is 0 Å². The molecule has 0 saturated heterocycles. The maximum atomic E-state index is 5.15. The maximum Gasteiger partial charge on any atom is 0.231 e. The van der Waals surface area contributed by atoms with Gasteiger partial charge in [-0.1, -0.05) is 23.4 Å². The fourth-order valence-corrected chi connectivity index (χ4v) is 1.92. The Labute approximate surface area is 81.9 Å². The lowest BCUT2D eigenvalue weighted by Gasteiger charge is -2.14. The van der Waals surface area contributed by atoms with Crippen molar-refractivity contribution in [1.82, 2.24) is 5.16 Å². The van der Waals surface area contributed by atoms with Crippen LogP contribution >= 0.6 is 0 Å². The van der Waals surface area contributed by atoms with E-state index in [1.54, 1.807) is 6.20 Å². The molecular formula is C11H10N2O. The number of hydrogen-bond acceptors (Lipinski definition) is 3. The van der Waals surface area contributed by atoms with Crippen molar-refractivity contribution >= 4 is 11.6 Å². The number of rotatable bonds is 1. The Balaban J connectivity index is 2.06. The summed E-state index contributed by atoms with van der Waals surface area (Å²) < 4.78 is 5.15. The van der Waals surface area contributed by atoms with E-state index in [1.807, 2.05) is 12.1 Å². The monoisotopic (exact) mass is 186 g/mol. The van der Waals surface area contributed by atoms with Crippen LogP contribution in [-0.4, -0.2) is 11.7 Å². The molecule has 0 atom stereocenters. The lowest BCUT2D eigenvalue weighted by atomic mass is 10.2. The quantitative estimate of drug-likeness (QED) is 0.684. The molecule has 1 aromatic carbocycles. The van der Waals surface area contributed by atoms with Crippen LogP contribution in [0.2, 0.25) is 0 Å². The molecule has 0 bridgehead atoms. The zero-order valence-corrected chi connectivity index (χ0v) is 7.68. The number of fused-ring (bicyclic) bond motifs is 1. The number of aromatic nitrogens is 1. The Morgan fingerprint density at radius 1 is 1.21 bits per heavy atom. The molecule has 0 N–H and O–H groups in total. The second kappa shape index (κ2) is 2.87. The first-order chi connectivity index (χ1) is 6.95. The highest BCUT2D eigenvalue weighted by molar-refractivity contribution is 5.66. The first-order valence-electron chi connectivity index (χ1n) is 4.71. The van der Waals surface area contributed by atoms with Crippen molar-refractivity contribution in [2.45, 2.75) is 6.42 Å². The second-order valence-corrected chi connectivity index (χ2v) is 3.38. The minimum absolute atomic E-state index is 0.829. The Morgan fingerprint density at radius 3 is 3.00 bits per heavy atom. The number of benzene rings is 1. The van der Waals surface area contributed by atoms with Gasteiger partial charge in [-0.2, -0.15) is 0 Å². The molecule has 0 radical (unpaired) electrons. The molecule has 0 saturated carbocycles. The zero-order valence-electron chi connectivity index (χ0n) is 7.68. The summed E-state index contributed by atoms with van der Waals surface area (Å²) >= 11 is 0. The molecule has 0 unspecified atom stereocenters. The number of anilines is 2. The zero-order chi connectivity index (χ0) is 9.38. The van der Waals surface area contributed by atoms with E-state index in [4.69, 9.17) is 4.52 Å². The van der Waals surface area contributed by atoms with Crippen molar-refractivity contribution in [2.75, 3.05) is 11.4 Å². The predicted molar refractivity (Wildman–Crippen MR) is 53.7 cm³/mol. The minimum atomic E-state index is 0.829. The molecule has 70 valence electrons. The standard InChI is InChI=1S/C11H10N2O/c1-2-4-10-9(3-1)6-8-13(10)11-5-7-12-14-11/h1-5,7H,6,8H2. The van der Waals surface area contributed by atoms with Gasteiger partial charge in [-0.05, 0) is 18.1 Å². The first kappa shape index (κ1) is 7.62. The molecule has 0 spiro atoms. The van der Waals surface area contributed by atoms with Gasteiger partial charge in [0.25, 0.3) is 0 Å². The normalized spacial score (nSPS) is 14.4. The van der Waals surface area contributed by atoms with E-state index in [1.165, 1.54) is 11.3 Å². The molecule has 14 heavy (non-hydrogen) atoms. The maximum absolute atomic E-state index is 5.15. The molecule has 3 heteroatoms. The van der Waals surface area contributed by atoms with Gasteiger partial charge in [0.05, 0.1) is 6.20 Å². The molecule has 2 aromatic rings. The average molecular weight is 186 g/mol. The van der Waals surface area contributed by atoms with Crippen molar-refractivity contribution in [3.63, 3.8) is 0 Å². The molecule has 0 fully saturated rings. The highest BCUT2D eigenvalue weighted by Crippen LogP contribution is 2.33. The van der Waals surface area contributed by atoms with E-state index in [0.29, 0.717) is 0 Å². The Morgan fingerprint density at radius 2 is 2.14 bits per heavy atom. The van der Waals surface area contributed by atoms with Gasteiger partial charge in [-0.15, -0.1) is 0 Å². The van der Waals surface area contributed by atoms with Crippen LogP contribution in [0.3, 0.4) is 0 Å². The smallest absolute Gasteiger partial charge is 0.231 e. The van der Waals surface area contributed by atoms with Gasteiger partial charge in [-0.3, -0.25) is 0 Å². The van der Waals surface area contributed by atoms with E-state index in [0.717, 1.165) is 18.8 Å². The number of nitrogens with zero attached hydrogens (tertiary/aromatic N) is 2. The van der Waals surface area contributed by atoms with Gasteiger partial charge in [0, 0.05) is 18.3 Å². The van der Waals surface area contributed by atoms with Crippen LogP contribution in [-0.2, 0) is 6.42 Å². The molecule has 3 rings (SSSR count). The Hall–Kier alpha value is -1.77. The summed E-state index contributed by atoms with van der Waals surface area (Å²) in [6, 6.07) is 10.3. The van der Waals surface area contributed by atoms with Crippen molar-refractivity contribution in [2.24, 2.45) is 0 Å². The fraction of sp³-hybridized carbons (Fsp3) is 0.182. The van der Waals surface area contributed by atoms with E-state index < -0.39 is 0 Å². The molecule has 3 nitrogen and oxygen atoms in total. The summed E-state index contributed by atoms with van der Waals surface area (Å²) in [6.07, 6.45) is 2.76. The number of hydrogen-bond donors (Lipinski definition) is 0. The van der Waals surface area contributed by atoms with Crippen LogP contribution in [0.4, 0.5) is 11.6 Å². The molecule has 1 aliphatic heterocycles. The lowest BCUT2D eigenvalue weighted by Crippen LogP contribution is -2.11. The Bertz CT molecular complexity index is 436. The van der Waals surface area contributed by atoms with Gasteiger partial charge < -0.3 is 9.42 Å². The van der Waals surface area contributed by atoms with Gasteiger partial charge >= 0.3 is 0 Å². The summed E-state index contributed by atoms with van der Waals surface area (Å²) in [4.78, 5) is 2.16.